The Balaban J connectivity index is 1.62. The summed E-state index contributed by atoms with van der Waals surface area (Å²) in [4.78, 5) is 28.7. The lowest BCUT2D eigenvalue weighted by atomic mass is 9.88. The maximum absolute atomic E-state index is 12.9. The van der Waals surface area contributed by atoms with Gasteiger partial charge in [-0.05, 0) is 17.7 Å². The molecule has 2 aliphatic rings. The number of hydrogen-bond donors (Lipinski definition) is 0. The predicted octanol–water partition coefficient (Wildman–Crippen LogP) is 1.91. The van der Waals surface area contributed by atoms with Gasteiger partial charge in [0, 0.05) is 39.3 Å². The number of hydrogen-bond acceptors (Lipinski definition) is 3. The highest BCUT2D eigenvalue weighted by molar-refractivity contribution is 5.93. The van der Waals surface area contributed by atoms with Crippen molar-refractivity contribution in [1.82, 2.24) is 14.4 Å². The second-order valence-electron chi connectivity index (χ2n) is 6.82. The average Bonchev–Trinajstić information content (AvgIpc) is 3.19. The molecule has 4 rings (SSSR count). The highest BCUT2D eigenvalue weighted by Gasteiger charge is 2.51. The minimum atomic E-state index is -0.489. The van der Waals surface area contributed by atoms with Crippen LogP contribution in [0.25, 0.3) is 0 Å². The zero-order chi connectivity index (χ0) is 17.4. The molecule has 0 radical (unpaired) electrons. The third-order valence-corrected chi connectivity index (χ3v) is 5.16. The Morgan fingerprint density at radius 2 is 1.96 bits per heavy atom. The van der Waals surface area contributed by atoms with E-state index in [1.54, 1.807) is 4.90 Å². The fourth-order valence-electron chi connectivity index (χ4n) is 3.86. The molecular weight excluding hydrogens is 318 g/mol. The molecule has 0 N–H and O–H groups in total. The fourth-order valence-corrected chi connectivity index (χ4v) is 3.86. The van der Waals surface area contributed by atoms with E-state index in [-0.39, 0.29) is 12.0 Å². The van der Waals surface area contributed by atoms with Crippen LogP contribution in [-0.2, 0) is 18.2 Å². The molecule has 0 bridgehead atoms. The quantitative estimate of drug-likeness (QED) is 0.858. The van der Waals surface area contributed by atoms with E-state index >= 15 is 0 Å². The van der Waals surface area contributed by atoms with Crippen molar-refractivity contribution in [1.29, 1.82) is 0 Å². The molecule has 2 aliphatic heterocycles. The van der Waals surface area contributed by atoms with E-state index in [4.69, 9.17) is 4.74 Å². The van der Waals surface area contributed by atoms with Gasteiger partial charge in [-0.3, -0.25) is 9.69 Å². The van der Waals surface area contributed by atoms with Gasteiger partial charge in [0.15, 0.2) is 0 Å². The fraction of sp³-hybridized carbons (Fsp3) is 0.368. The monoisotopic (exact) mass is 339 g/mol. The van der Waals surface area contributed by atoms with Crippen LogP contribution in [0.5, 0.6) is 0 Å². The number of carbonyl (C=O) groups excluding carboxylic acids is 2. The van der Waals surface area contributed by atoms with Crippen molar-refractivity contribution in [2.75, 3.05) is 26.2 Å². The molecule has 0 saturated carbocycles. The summed E-state index contributed by atoms with van der Waals surface area (Å²) in [5.41, 5.74) is 1.31. The number of rotatable bonds is 3. The number of aromatic nitrogens is 1. The summed E-state index contributed by atoms with van der Waals surface area (Å²) in [7, 11) is 1.87. The van der Waals surface area contributed by atoms with Gasteiger partial charge in [0.25, 0.3) is 5.91 Å². The molecule has 0 spiro atoms. The first kappa shape index (κ1) is 15.7. The second kappa shape index (κ2) is 5.95. The summed E-state index contributed by atoms with van der Waals surface area (Å²) in [5.74, 6) is -0.000986. The van der Waals surface area contributed by atoms with Gasteiger partial charge < -0.3 is 14.2 Å². The third-order valence-electron chi connectivity index (χ3n) is 5.16. The summed E-state index contributed by atoms with van der Waals surface area (Å²) in [6.07, 6.45) is 2.27. The van der Waals surface area contributed by atoms with Crippen molar-refractivity contribution in [2.24, 2.45) is 7.05 Å². The molecule has 0 aliphatic carbocycles. The minimum Gasteiger partial charge on any atom is -0.447 e. The van der Waals surface area contributed by atoms with E-state index in [9.17, 15) is 9.59 Å². The van der Waals surface area contributed by atoms with Crippen LogP contribution in [0.2, 0.25) is 0 Å². The van der Waals surface area contributed by atoms with E-state index in [0.717, 1.165) is 5.56 Å². The summed E-state index contributed by atoms with van der Waals surface area (Å²) in [5, 5.41) is 0. The molecule has 1 unspecified atom stereocenters. The van der Waals surface area contributed by atoms with Gasteiger partial charge in [-0.15, -0.1) is 0 Å². The molecule has 2 amide bonds. The molecule has 2 fully saturated rings. The van der Waals surface area contributed by atoms with Gasteiger partial charge in [-0.2, -0.15) is 0 Å². The Labute approximate surface area is 146 Å². The third kappa shape index (κ3) is 2.67. The number of amides is 2. The number of piperazine rings is 1. The smallest absolute Gasteiger partial charge is 0.410 e. The second-order valence-corrected chi connectivity index (χ2v) is 6.82. The molecule has 25 heavy (non-hydrogen) atoms. The van der Waals surface area contributed by atoms with Gasteiger partial charge >= 0.3 is 6.09 Å². The van der Waals surface area contributed by atoms with E-state index in [1.165, 1.54) is 0 Å². The summed E-state index contributed by atoms with van der Waals surface area (Å²) in [6, 6.07) is 13.7. The van der Waals surface area contributed by atoms with Crippen molar-refractivity contribution < 1.29 is 14.3 Å². The Morgan fingerprint density at radius 1 is 1.16 bits per heavy atom. The lowest BCUT2D eigenvalue weighted by molar-refractivity contribution is 0.0368. The Kier molecular flexibility index (Phi) is 3.75. The van der Waals surface area contributed by atoms with Gasteiger partial charge in [0.05, 0.1) is 0 Å². The number of ether oxygens (including phenoxy) is 1. The van der Waals surface area contributed by atoms with Crippen LogP contribution in [0, 0.1) is 0 Å². The Morgan fingerprint density at radius 3 is 2.68 bits per heavy atom. The van der Waals surface area contributed by atoms with Crippen molar-refractivity contribution in [3.8, 4) is 0 Å². The van der Waals surface area contributed by atoms with Gasteiger partial charge in [0.2, 0.25) is 0 Å². The van der Waals surface area contributed by atoms with Crippen LogP contribution in [0.4, 0.5) is 4.79 Å². The van der Waals surface area contributed by atoms with E-state index < -0.39 is 5.54 Å². The van der Waals surface area contributed by atoms with Crippen LogP contribution in [0.15, 0.2) is 48.7 Å². The summed E-state index contributed by atoms with van der Waals surface area (Å²) >= 11 is 0. The Hall–Kier alpha value is -2.76. The van der Waals surface area contributed by atoms with Crippen molar-refractivity contribution >= 4 is 12.0 Å². The molecule has 6 nitrogen and oxygen atoms in total. The van der Waals surface area contributed by atoms with Gasteiger partial charge in [-0.1, -0.05) is 30.3 Å². The lowest BCUT2D eigenvalue weighted by Crippen LogP contribution is -2.63. The van der Waals surface area contributed by atoms with Crippen LogP contribution >= 0.6 is 0 Å². The lowest BCUT2D eigenvalue weighted by Gasteiger charge is -2.44. The molecule has 2 saturated heterocycles. The molecular formula is C19H21N3O3. The standard InChI is InChI=1S/C19H21N3O3/c1-20-9-5-8-16(20)17(23)21-10-11-22-18(24)25-14-19(22,13-21)12-15-6-3-2-4-7-15/h2-9H,10-14H2,1H3. The first-order chi connectivity index (χ1) is 12.1. The van der Waals surface area contributed by atoms with E-state index in [1.807, 2.05) is 65.2 Å². The first-order valence-electron chi connectivity index (χ1n) is 8.48. The molecule has 1 aromatic heterocycles. The topological polar surface area (TPSA) is 54.8 Å². The number of aryl methyl sites for hydroxylation is 1. The van der Waals surface area contributed by atoms with Crippen molar-refractivity contribution in [3.63, 3.8) is 0 Å². The first-order valence-corrected chi connectivity index (χ1v) is 8.48. The van der Waals surface area contributed by atoms with Crippen molar-refractivity contribution in [3.05, 3.63) is 59.9 Å². The Bertz CT molecular complexity index is 801. The molecule has 130 valence electrons. The average molecular weight is 339 g/mol. The van der Waals surface area contributed by atoms with Gasteiger partial charge in [-0.25, -0.2) is 4.79 Å². The maximum atomic E-state index is 12.9. The molecule has 2 aromatic rings. The minimum absolute atomic E-state index is 0.000986. The van der Waals surface area contributed by atoms with E-state index in [2.05, 4.69) is 0 Å². The molecule has 1 atom stereocenters. The van der Waals surface area contributed by atoms with Crippen molar-refractivity contribution in [2.45, 2.75) is 12.0 Å². The number of nitrogens with zero attached hydrogens (tertiary/aromatic N) is 3. The predicted molar refractivity (Wildman–Crippen MR) is 92.2 cm³/mol. The van der Waals surface area contributed by atoms with Crippen LogP contribution < -0.4 is 0 Å². The number of cyclic esters (lactones) is 1. The highest BCUT2D eigenvalue weighted by Crippen LogP contribution is 2.32. The number of carbonyl (C=O) groups is 2. The van der Waals surface area contributed by atoms with Crippen LogP contribution in [0.3, 0.4) is 0 Å². The number of benzene rings is 1. The number of fused-ring (bicyclic) bond motifs is 1. The zero-order valence-electron chi connectivity index (χ0n) is 14.2. The molecule has 6 heteroatoms. The van der Waals surface area contributed by atoms with Crippen LogP contribution in [-0.4, -0.2) is 58.1 Å². The normalized spacial score (nSPS) is 22.7. The van der Waals surface area contributed by atoms with Crippen LogP contribution in [0.1, 0.15) is 16.1 Å². The van der Waals surface area contributed by atoms with E-state index in [0.29, 0.717) is 38.4 Å². The largest absolute Gasteiger partial charge is 0.447 e. The molecule has 3 heterocycles. The highest BCUT2D eigenvalue weighted by atomic mass is 16.6. The SMILES string of the molecule is Cn1cccc1C(=O)N1CCN2C(=O)OCC2(Cc2ccccc2)C1. The summed E-state index contributed by atoms with van der Waals surface area (Å²) in [6.45, 7) is 1.83. The summed E-state index contributed by atoms with van der Waals surface area (Å²) < 4.78 is 7.19. The molecule has 1 aromatic carbocycles. The maximum Gasteiger partial charge on any atom is 0.410 e. The van der Waals surface area contributed by atoms with Gasteiger partial charge in [0.1, 0.15) is 17.8 Å². The zero-order valence-corrected chi connectivity index (χ0v) is 14.2.